The molecule has 1 saturated heterocycles. The molecule has 4 nitrogen and oxygen atoms in total. The molecular weight excluding hydrogens is 374 g/mol. The number of hydrogen-bond acceptors (Lipinski definition) is 3. The summed E-state index contributed by atoms with van der Waals surface area (Å²) in [4.78, 5) is 14.2. The van der Waals surface area contributed by atoms with Gasteiger partial charge < -0.3 is 9.84 Å². The van der Waals surface area contributed by atoms with E-state index in [1.54, 1.807) is 0 Å². The summed E-state index contributed by atoms with van der Waals surface area (Å²) in [5.41, 5.74) is 0.796. The van der Waals surface area contributed by atoms with Gasteiger partial charge in [-0.1, -0.05) is 84.4 Å². The Morgan fingerprint density at radius 2 is 1.54 bits per heavy atom. The minimum absolute atomic E-state index is 0.315. The first-order valence-corrected chi connectivity index (χ1v) is 9.52. The maximum Gasteiger partial charge on any atom is 0.413 e. The Kier molecular flexibility index (Phi) is 5.07. The number of halogens is 1. The molecule has 0 radical (unpaired) electrons. The number of rotatable bonds is 5. The molecule has 0 spiro atoms. The molecule has 3 aromatic carbocycles. The zero-order chi connectivity index (χ0) is 19.6. The summed E-state index contributed by atoms with van der Waals surface area (Å²) in [6, 6.07) is 26.0. The highest BCUT2D eigenvalue weighted by Crippen LogP contribution is 2.46. The lowest BCUT2D eigenvalue weighted by molar-refractivity contribution is -0.109. The first-order valence-electron chi connectivity index (χ1n) is 9.14. The van der Waals surface area contributed by atoms with Gasteiger partial charge in [-0.15, -0.1) is 0 Å². The number of benzene rings is 3. The number of cyclic esters (lactones) is 1. The molecule has 0 aliphatic carbocycles. The normalized spacial score (nSPS) is 21.6. The first-order chi connectivity index (χ1) is 13.6. The van der Waals surface area contributed by atoms with E-state index < -0.39 is 17.9 Å². The fourth-order valence-corrected chi connectivity index (χ4v) is 3.73. The van der Waals surface area contributed by atoms with Gasteiger partial charge in [0.25, 0.3) is 0 Å². The van der Waals surface area contributed by atoms with Gasteiger partial charge in [0, 0.05) is 17.1 Å². The zero-order valence-corrected chi connectivity index (χ0v) is 15.9. The van der Waals surface area contributed by atoms with Crippen molar-refractivity contribution in [2.75, 3.05) is 6.54 Å². The fraction of sp³-hybridized carbons (Fsp3) is 0.174. The smallest absolute Gasteiger partial charge is 0.413 e. The SMILES string of the molecule is O=C1O[C@H](c2ccccc2)[C@](O)(c2ccccc2)N1CCc1ccc(Cl)cc1. The van der Waals surface area contributed by atoms with Crippen molar-refractivity contribution in [1.82, 2.24) is 4.90 Å². The molecule has 0 aromatic heterocycles. The highest BCUT2D eigenvalue weighted by atomic mass is 35.5. The Bertz CT molecular complexity index is 947. The fourth-order valence-electron chi connectivity index (χ4n) is 3.60. The summed E-state index contributed by atoms with van der Waals surface area (Å²) in [5.74, 6) is 0. The van der Waals surface area contributed by atoms with Crippen LogP contribution in [0.25, 0.3) is 0 Å². The quantitative estimate of drug-likeness (QED) is 0.669. The van der Waals surface area contributed by atoms with Crippen molar-refractivity contribution >= 4 is 17.7 Å². The standard InChI is InChI=1S/C23H20ClNO3/c24-20-13-11-17(12-14-20)15-16-25-22(26)28-21(18-7-3-1-4-8-18)23(25,27)19-9-5-2-6-10-19/h1-14,21,27H,15-16H2/t21-,23-/m1/s1. The van der Waals surface area contributed by atoms with Crippen LogP contribution in [0.3, 0.4) is 0 Å². The summed E-state index contributed by atoms with van der Waals surface area (Å²) in [6.07, 6.45) is -0.772. The molecule has 1 fully saturated rings. The highest BCUT2D eigenvalue weighted by molar-refractivity contribution is 6.30. The molecule has 1 heterocycles. The van der Waals surface area contributed by atoms with E-state index in [-0.39, 0.29) is 0 Å². The van der Waals surface area contributed by atoms with Gasteiger partial charge in [-0.3, -0.25) is 4.90 Å². The summed E-state index contributed by atoms with van der Waals surface area (Å²) >= 11 is 5.95. The van der Waals surface area contributed by atoms with E-state index in [1.807, 2.05) is 84.9 Å². The second-order valence-electron chi connectivity index (χ2n) is 6.79. The Morgan fingerprint density at radius 1 is 0.929 bits per heavy atom. The van der Waals surface area contributed by atoms with Crippen molar-refractivity contribution in [3.8, 4) is 0 Å². The molecule has 1 amide bonds. The lowest BCUT2D eigenvalue weighted by Gasteiger charge is -2.34. The minimum atomic E-state index is -1.59. The third-order valence-corrected chi connectivity index (χ3v) is 5.31. The Labute approximate surface area is 168 Å². The summed E-state index contributed by atoms with van der Waals surface area (Å²) in [6.45, 7) is 0.315. The lowest BCUT2D eigenvalue weighted by atomic mass is 9.91. The number of amides is 1. The van der Waals surface area contributed by atoms with E-state index in [4.69, 9.17) is 16.3 Å². The number of ether oxygens (including phenoxy) is 1. The van der Waals surface area contributed by atoms with Crippen LogP contribution in [-0.4, -0.2) is 22.6 Å². The maximum atomic E-state index is 12.7. The molecule has 0 unspecified atom stereocenters. The molecular formula is C23H20ClNO3. The van der Waals surface area contributed by atoms with Crippen LogP contribution < -0.4 is 0 Å². The van der Waals surface area contributed by atoms with E-state index in [1.165, 1.54) is 4.90 Å². The summed E-state index contributed by atoms with van der Waals surface area (Å²) in [5, 5.41) is 12.4. The van der Waals surface area contributed by atoms with E-state index in [9.17, 15) is 9.90 Å². The molecule has 0 saturated carbocycles. The van der Waals surface area contributed by atoms with E-state index in [2.05, 4.69) is 0 Å². The zero-order valence-electron chi connectivity index (χ0n) is 15.2. The van der Waals surface area contributed by atoms with Crippen molar-refractivity contribution in [1.29, 1.82) is 0 Å². The monoisotopic (exact) mass is 393 g/mol. The number of aliphatic hydroxyl groups is 1. The predicted molar refractivity (Wildman–Crippen MR) is 108 cm³/mol. The molecule has 0 bridgehead atoms. The number of hydrogen-bond donors (Lipinski definition) is 1. The van der Waals surface area contributed by atoms with Gasteiger partial charge >= 0.3 is 6.09 Å². The molecule has 1 aliphatic rings. The molecule has 142 valence electrons. The number of carbonyl (C=O) groups is 1. The van der Waals surface area contributed by atoms with E-state index in [0.717, 1.165) is 11.1 Å². The molecule has 4 rings (SSSR count). The second kappa shape index (κ2) is 7.66. The lowest BCUT2D eigenvalue weighted by Crippen LogP contribution is -2.46. The summed E-state index contributed by atoms with van der Waals surface area (Å²) < 4.78 is 5.65. The molecule has 1 N–H and O–H groups in total. The third-order valence-electron chi connectivity index (χ3n) is 5.05. The molecule has 1 aliphatic heterocycles. The van der Waals surface area contributed by atoms with Gasteiger partial charge in [-0.25, -0.2) is 4.79 Å². The van der Waals surface area contributed by atoms with Gasteiger partial charge in [0.05, 0.1) is 0 Å². The number of nitrogens with zero attached hydrogens (tertiary/aromatic N) is 1. The van der Waals surface area contributed by atoms with Crippen LogP contribution in [-0.2, 0) is 16.9 Å². The number of carbonyl (C=O) groups excluding carboxylic acids is 1. The maximum absolute atomic E-state index is 12.7. The average Bonchev–Trinajstić information content (AvgIpc) is 3.00. The van der Waals surface area contributed by atoms with Crippen LogP contribution in [0.2, 0.25) is 5.02 Å². The molecule has 5 heteroatoms. The van der Waals surface area contributed by atoms with Crippen molar-refractivity contribution in [3.05, 3.63) is 107 Å². The minimum Gasteiger partial charge on any atom is -0.436 e. The predicted octanol–water partition coefficient (Wildman–Crippen LogP) is 4.92. The molecule has 28 heavy (non-hydrogen) atoms. The largest absolute Gasteiger partial charge is 0.436 e. The van der Waals surface area contributed by atoms with Crippen LogP contribution >= 0.6 is 11.6 Å². The van der Waals surface area contributed by atoms with Crippen molar-refractivity contribution in [2.24, 2.45) is 0 Å². The summed E-state index contributed by atoms with van der Waals surface area (Å²) in [7, 11) is 0. The van der Waals surface area contributed by atoms with Gasteiger partial charge in [0.2, 0.25) is 5.72 Å². The van der Waals surface area contributed by atoms with Crippen LogP contribution in [0.5, 0.6) is 0 Å². The van der Waals surface area contributed by atoms with E-state index in [0.29, 0.717) is 23.6 Å². The topological polar surface area (TPSA) is 49.8 Å². The average molecular weight is 394 g/mol. The van der Waals surface area contributed by atoms with Crippen molar-refractivity contribution < 1.29 is 14.6 Å². The van der Waals surface area contributed by atoms with Crippen LogP contribution in [0, 0.1) is 0 Å². The Balaban J connectivity index is 1.69. The Morgan fingerprint density at radius 3 is 2.18 bits per heavy atom. The van der Waals surface area contributed by atoms with Gasteiger partial charge in [-0.2, -0.15) is 0 Å². The van der Waals surface area contributed by atoms with Crippen LogP contribution in [0.4, 0.5) is 4.79 Å². The van der Waals surface area contributed by atoms with Crippen LogP contribution in [0.1, 0.15) is 22.8 Å². The van der Waals surface area contributed by atoms with E-state index >= 15 is 0 Å². The second-order valence-corrected chi connectivity index (χ2v) is 7.23. The highest BCUT2D eigenvalue weighted by Gasteiger charge is 2.55. The van der Waals surface area contributed by atoms with Gasteiger partial charge in [0.15, 0.2) is 6.10 Å². The van der Waals surface area contributed by atoms with Crippen molar-refractivity contribution in [3.63, 3.8) is 0 Å². The molecule has 3 aromatic rings. The molecule has 2 atom stereocenters. The van der Waals surface area contributed by atoms with Crippen molar-refractivity contribution in [2.45, 2.75) is 18.2 Å². The van der Waals surface area contributed by atoms with Gasteiger partial charge in [0.1, 0.15) is 0 Å². The Hall–Kier alpha value is -2.82. The van der Waals surface area contributed by atoms with Crippen LogP contribution in [0.15, 0.2) is 84.9 Å². The van der Waals surface area contributed by atoms with Gasteiger partial charge in [-0.05, 0) is 29.7 Å². The first kappa shape index (κ1) is 18.5. The third kappa shape index (κ3) is 3.37.